The van der Waals surface area contributed by atoms with Gasteiger partial charge in [-0.15, -0.1) is 0 Å². The summed E-state index contributed by atoms with van der Waals surface area (Å²) in [7, 11) is 0. The number of phenolic OH excluding ortho intramolecular Hbond substituents is 1. The van der Waals surface area contributed by atoms with Crippen LogP contribution in [-0.2, 0) is 0 Å². The normalized spacial score (nSPS) is 13.0. The van der Waals surface area contributed by atoms with Gasteiger partial charge in [0.2, 0.25) is 0 Å². The number of nitrogens with two attached hydrogens (primary N) is 1. The monoisotopic (exact) mass is 303 g/mol. The summed E-state index contributed by atoms with van der Waals surface area (Å²) in [5.74, 6) is 0.820. The second-order valence-electron chi connectivity index (χ2n) is 4.22. The van der Waals surface area contributed by atoms with Crippen molar-refractivity contribution in [2.75, 3.05) is 0 Å². The smallest absolute Gasteiger partial charge is 0.166 e. The molecule has 0 saturated heterocycles. The van der Waals surface area contributed by atoms with Gasteiger partial charge in [-0.2, -0.15) is 0 Å². The molecule has 6 nitrogen and oxygen atoms in total. The van der Waals surface area contributed by atoms with Crippen LogP contribution in [-0.4, -0.2) is 27.2 Å². The van der Waals surface area contributed by atoms with Crippen molar-refractivity contribution in [3.63, 3.8) is 0 Å². The Morgan fingerprint density at radius 3 is 2.76 bits per heavy atom. The molecule has 108 valence electrons. The highest BCUT2D eigenvalue weighted by molar-refractivity contribution is 6.32. The minimum Gasteiger partial charge on any atom is -0.506 e. The van der Waals surface area contributed by atoms with Gasteiger partial charge in [-0.05, 0) is 31.8 Å². The van der Waals surface area contributed by atoms with E-state index >= 15 is 0 Å². The van der Waals surface area contributed by atoms with E-state index in [2.05, 4.69) is 21.7 Å². The highest BCUT2D eigenvalue weighted by Crippen LogP contribution is 2.30. The Bertz CT molecular complexity index is 715. The van der Waals surface area contributed by atoms with Crippen LogP contribution >= 0.6 is 11.6 Å². The van der Waals surface area contributed by atoms with E-state index in [1.807, 2.05) is 0 Å². The Kier molecular flexibility index (Phi) is 4.39. The zero-order chi connectivity index (χ0) is 15.4. The van der Waals surface area contributed by atoms with E-state index in [0.717, 1.165) is 0 Å². The molecule has 0 bridgehead atoms. The molecular weight excluding hydrogens is 290 g/mol. The lowest BCUT2D eigenvalue weighted by molar-refractivity contribution is 0.475. The molecule has 0 spiro atoms. The maximum atomic E-state index is 9.51. The minimum absolute atomic E-state index is 0.00786. The van der Waals surface area contributed by atoms with Gasteiger partial charge >= 0.3 is 0 Å². The number of aromatic hydroxyl groups is 1. The number of halogens is 1. The minimum atomic E-state index is -0.00786. The number of aromatic nitrogens is 2. The second kappa shape index (κ2) is 6.23. The van der Waals surface area contributed by atoms with E-state index in [9.17, 15) is 5.11 Å². The highest BCUT2D eigenvalue weighted by Gasteiger charge is 2.11. The number of imidazole rings is 1. The zero-order valence-corrected chi connectivity index (χ0v) is 12.1. The Balaban J connectivity index is 2.69. The van der Waals surface area contributed by atoms with Crippen molar-refractivity contribution in [2.24, 2.45) is 15.7 Å². The van der Waals surface area contributed by atoms with Crippen LogP contribution in [0.2, 0.25) is 5.02 Å². The predicted molar refractivity (Wildman–Crippen MR) is 85.3 cm³/mol. The van der Waals surface area contributed by atoms with Crippen LogP contribution in [0.25, 0.3) is 11.5 Å². The van der Waals surface area contributed by atoms with Crippen molar-refractivity contribution in [3.8, 4) is 5.75 Å². The fraction of sp³-hybridized carbons (Fsp3) is 0.0714. The van der Waals surface area contributed by atoms with Crippen molar-refractivity contribution in [1.82, 2.24) is 9.55 Å². The lowest BCUT2D eigenvalue weighted by atomic mass is 10.1. The molecule has 0 atom stereocenters. The third-order valence-electron chi connectivity index (χ3n) is 2.62. The summed E-state index contributed by atoms with van der Waals surface area (Å²) in [5.41, 5.74) is 6.80. The molecular formula is C14H14ClN5O. The largest absolute Gasteiger partial charge is 0.506 e. The lowest BCUT2D eigenvalue weighted by Gasteiger charge is -2.10. The Morgan fingerprint density at radius 1 is 1.48 bits per heavy atom. The zero-order valence-electron chi connectivity index (χ0n) is 11.4. The number of hydrogen-bond donors (Lipinski definition) is 2. The quantitative estimate of drug-likeness (QED) is 0.672. The molecule has 0 fully saturated rings. The molecule has 1 heterocycles. The van der Waals surface area contributed by atoms with Gasteiger partial charge in [0.15, 0.2) is 5.82 Å². The molecule has 0 amide bonds. The van der Waals surface area contributed by atoms with Gasteiger partial charge in [-0.25, -0.2) is 9.98 Å². The van der Waals surface area contributed by atoms with E-state index in [0.29, 0.717) is 22.9 Å². The van der Waals surface area contributed by atoms with E-state index in [1.165, 1.54) is 6.07 Å². The number of amidine groups is 1. The topological polar surface area (TPSA) is 88.8 Å². The second-order valence-corrected chi connectivity index (χ2v) is 4.63. The van der Waals surface area contributed by atoms with Crippen molar-refractivity contribution in [3.05, 3.63) is 47.5 Å². The summed E-state index contributed by atoms with van der Waals surface area (Å²) in [4.78, 5) is 12.3. The first-order valence-corrected chi connectivity index (χ1v) is 6.39. The van der Waals surface area contributed by atoms with Crippen LogP contribution in [0.4, 0.5) is 0 Å². The molecule has 2 rings (SSSR count). The lowest BCUT2D eigenvalue weighted by Crippen LogP contribution is -2.08. The van der Waals surface area contributed by atoms with Crippen LogP contribution in [0.1, 0.15) is 12.5 Å². The standard InChI is InChI=1S/C14H14ClN5O/c1-9(16)19-14(20-6-5-18-8-20)13(17-2)10-3-4-12(21)11(15)7-10/h3-8,21H,2H2,1H3,(H2,16,19)/b14-13+. The van der Waals surface area contributed by atoms with Crippen LogP contribution in [0, 0.1) is 0 Å². The summed E-state index contributed by atoms with van der Waals surface area (Å²) in [5, 5.41) is 9.72. The van der Waals surface area contributed by atoms with E-state index < -0.39 is 0 Å². The first-order chi connectivity index (χ1) is 10.0. The number of rotatable bonds is 4. The molecule has 0 radical (unpaired) electrons. The molecule has 0 aliphatic rings. The molecule has 1 aromatic heterocycles. The number of benzene rings is 1. The molecule has 7 heteroatoms. The van der Waals surface area contributed by atoms with Gasteiger partial charge in [0.25, 0.3) is 0 Å². The maximum Gasteiger partial charge on any atom is 0.166 e. The molecule has 21 heavy (non-hydrogen) atoms. The van der Waals surface area contributed by atoms with Crippen LogP contribution in [0.5, 0.6) is 5.75 Å². The molecule has 0 unspecified atom stereocenters. The third kappa shape index (κ3) is 3.29. The Hall–Kier alpha value is -2.60. The van der Waals surface area contributed by atoms with Crippen molar-refractivity contribution < 1.29 is 5.11 Å². The molecule has 0 aliphatic carbocycles. The average Bonchev–Trinajstić information content (AvgIpc) is 2.96. The van der Waals surface area contributed by atoms with Gasteiger partial charge < -0.3 is 10.8 Å². The fourth-order valence-corrected chi connectivity index (χ4v) is 1.91. The summed E-state index contributed by atoms with van der Waals surface area (Å²) < 4.78 is 1.67. The van der Waals surface area contributed by atoms with Gasteiger partial charge in [-0.3, -0.25) is 9.56 Å². The first-order valence-electron chi connectivity index (χ1n) is 6.02. The van der Waals surface area contributed by atoms with Gasteiger partial charge in [0.1, 0.15) is 17.8 Å². The molecule has 0 aliphatic heterocycles. The van der Waals surface area contributed by atoms with Crippen LogP contribution in [0.15, 0.2) is 46.9 Å². The highest BCUT2D eigenvalue weighted by atomic mass is 35.5. The van der Waals surface area contributed by atoms with Crippen molar-refractivity contribution in [1.29, 1.82) is 0 Å². The Morgan fingerprint density at radius 2 is 2.24 bits per heavy atom. The first kappa shape index (κ1) is 14.8. The number of hydrogen-bond acceptors (Lipinski definition) is 4. The molecule has 2 aromatic rings. The van der Waals surface area contributed by atoms with Crippen LogP contribution < -0.4 is 5.73 Å². The predicted octanol–water partition coefficient (Wildman–Crippen LogP) is 2.60. The fourth-order valence-electron chi connectivity index (χ4n) is 1.73. The molecule has 1 aromatic carbocycles. The third-order valence-corrected chi connectivity index (χ3v) is 2.92. The van der Waals surface area contributed by atoms with Crippen LogP contribution in [0.3, 0.4) is 0 Å². The maximum absolute atomic E-state index is 9.51. The number of phenols is 1. The number of nitrogens with zero attached hydrogens (tertiary/aromatic N) is 4. The SMILES string of the molecule is C=N/C(=C(\N=C(C)N)n1ccnc1)c1ccc(O)c(Cl)c1. The van der Waals surface area contributed by atoms with Crippen molar-refractivity contribution in [2.45, 2.75) is 6.92 Å². The average molecular weight is 304 g/mol. The molecule has 3 N–H and O–H groups in total. The van der Waals surface area contributed by atoms with Gasteiger partial charge in [0.05, 0.1) is 10.9 Å². The Labute approximate surface area is 126 Å². The summed E-state index contributed by atoms with van der Waals surface area (Å²) in [6.07, 6.45) is 4.91. The summed E-state index contributed by atoms with van der Waals surface area (Å²) in [6.45, 7) is 5.24. The summed E-state index contributed by atoms with van der Waals surface area (Å²) >= 11 is 5.94. The van der Waals surface area contributed by atoms with Gasteiger partial charge in [-0.1, -0.05) is 11.6 Å². The number of aliphatic imine (C=N–C) groups is 2. The van der Waals surface area contributed by atoms with Gasteiger partial charge in [0, 0.05) is 18.0 Å². The van der Waals surface area contributed by atoms with E-state index in [-0.39, 0.29) is 10.8 Å². The molecule has 0 saturated carbocycles. The summed E-state index contributed by atoms with van der Waals surface area (Å²) in [6, 6.07) is 4.73. The van der Waals surface area contributed by atoms with Crippen molar-refractivity contribution >= 4 is 35.7 Å². The van der Waals surface area contributed by atoms with E-state index in [4.69, 9.17) is 17.3 Å². The van der Waals surface area contributed by atoms with E-state index in [1.54, 1.807) is 42.3 Å².